The summed E-state index contributed by atoms with van der Waals surface area (Å²) in [5, 5.41) is 4.10. The molecule has 3 aromatic rings. The molecule has 0 unspecified atom stereocenters. The molecule has 25 heavy (non-hydrogen) atoms. The van der Waals surface area contributed by atoms with Crippen LogP contribution < -0.4 is 9.54 Å². The highest BCUT2D eigenvalue weighted by molar-refractivity contribution is 7.16. The Morgan fingerprint density at radius 2 is 2.28 bits per heavy atom. The number of rotatable bonds is 4. The van der Waals surface area contributed by atoms with Crippen molar-refractivity contribution in [3.05, 3.63) is 40.5 Å². The fourth-order valence-corrected chi connectivity index (χ4v) is 3.69. The number of ether oxygens (including phenoxy) is 1. The molecule has 128 valence electrons. The van der Waals surface area contributed by atoms with E-state index in [-0.39, 0.29) is 5.91 Å². The van der Waals surface area contributed by atoms with Crippen LogP contribution in [0, 0.1) is 19.3 Å². The van der Waals surface area contributed by atoms with Gasteiger partial charge >= 0.3 is 0 Å². The van der Waals surface area contributed by atoms with E-state index in [9.17, 15) is 4.79 Å². The molecular formula is C18H18N4O2S. The van der Waals surface area contributed by atoms with Crippen LogP contribution in [0.25, 0.3) is 10.2 Å². The SMILES string of the molecule is C#CCn1c(=NC(=O)c2c(C)cnn2C)sc2cc(OCC)ccc21. The molecule has 0 aliphatic carbocycles. The zero-order valence-electron chi connectivity index (χ0n) is 14.3. The van der Waals surface area contributed by atoms with Crippen molar-refractivity contribution < 1.29 is 9.53 Å². The first kappa shape index (κ1) is 17.0. The minimum Gasteiger partial charge on any atom is -0.494 e. The second kappa shape index (κ2) is 6.95. The van der Waals surface area contributed by atoms with Gasteiger partial charge in [-0.15, -0.1) is 6.42 Å². The number of nitrogens with zero attached hydrogens (tertiary/aromatic N) is 4. The van der Waals surface area contributed by atoms with Gasteiger partial charge in [0.25, 0.3) is 5.91 Å². The average molecular weight is 354 g/mol. The van der Waals surface area contributed by atoms with Gasteiger partial charge in [-0.2, -0.15) is 10.1 Å². The van der Waals surface area contributed by atoms with Crippen molar-refractivity contribution in [2.45, 2.75) is 20.4 Å². The molecule has 0 saturated heterocycles. The lowest BCUT2D eigenvalue weighted by Gasteiger charge is -2.03. The maximum absolute atomic E-state index is 12.6. The number of hydrogen-bond acceptors (Lipinski definition) is 4. The Bertz CT molecular complexity index is 1030. The lowest BCUT2D eigenvalue weighted by molar-refractivity contribution is 0.0988. The van der Waals surface area contributed by atoms with Gasteiger partial charge in [0.1, 0.15) is 11.4 Å². The van der Waals surface area contributed by atoms with Crippen LogP contribution in [0.1, 0.15) is 23.0 Å². The number of amides is 1. The third-order valence-electron chi connectivity index (χ3n) is 3.74. The monoisotopic (exact) mass is 354 g/mol. The van der Waals surface area contributed by atoms with E-state index in [1.165, 1.54) is 16.0 Å². The Balaban J connectivity index is 2.15. The van der Waals surface area contributed by atoms with E-state index < -0.39 is 0 Å². The van der Waals surface area contributed by atoms with Crippen LogP contribution in [0.5, 0.6) is 5.75 Å². The van der Waals surface area contributed by atoms with E-state index in [4.69, 9.17) is 11.2 Å². The highest BCUT2D eigenvalue weighted by Crippen LogP contribution is 2.23. The number of terminal acetylenes is 1. The van der Waals surface area contributed by atoms with Crippen LogP contribution in [-0.2, 0) is 13.6 Å². The fourth-order valence-electron chi connectivity index (χ4n) is 2.63. The van der Waals surface area contributed by atoms with Crippen LogP contribution in [0.4, 0.5) is 0 Å². The second-order valence-electron chi connectivity index (χ2n) is 5.45. The predicted molar refractivity (Wildman–Crippen MR) is 97.7 cm³/mol. The number of thiazole rings is 1. The Hall–Kier alpha value is -2.85. The van der Waals surface area contributed by atoms with Gasteiger partial charge in [-0.05, 0) is 32.0 Å². The average Bonchev–Trinajstić information content (AvgIpc) is 3.08. The molecule has 0 atom stereocenters. The van der Waals surface area contributed by atoms with Gasteiger partial charge in [-0.3, -0.25) is 9.48 Å². The molecule has 0 saturated carbocycles. The molecular weight excluding hydrogens is 336 g/mol. The van der Waals surface area contributed by atoms with Crippen molar-refractivity contribution in [1.29, 1.82) is 0 Å². The van der Waals surface area contributed by atoms with Crippen molar-refractivity contribution in [3.8, 4) is 18.1 Å². The molecule has 0 aliphatic rings. The predicted octanol–water partition coefficient (Wildman–Crippen LogP) is 2.52. The van der Waals surface area contributed by atoms with Crippen LogP contribution in [-0.4, -0.2) is 26.9 Å². The molecule has 0 aliphatic heterocycles. The van der Waals surface area contributed by atoms with E-state index in [0.29, 0.717) is 23.6 Å². The summed E-state index contributed by atoms with van der Waals surface area (Å²) in [7, 11) is 1.73. The summed E-state index contributed by atoms with van der Waals surface area (Å²) >= 11 is 1.41. The lowest BCUT2D eigenvalue weighted by Crippen LogP contribution is -2.18. The molecule has 1 aromatic carbocycles. The second-order valence-corrected chi connectivity index (χ2v) is 6.46. The highest BCUT2D eigenvalue weighted by Gasteiger charge is 2.15. The molecule has 3 rings (SSSR count). The van der Waals surface area contributed by atoms with E-state index in [0.717, 1.165) is 21.5 Å². The fraction of sp³-hybridized carbons (Fsp3) is 0.278. The molecule has 0 fully saturated rings. The molecule has 0 bridgehead atoms. The van der Waals surface area contributed by atoms with Gasteiger partial charge in [0.2, 0.25) is 0 Å². The number of benzene rings is 1. The van der Waals surface area contributed by atoms with Crippen molar-refractivity contribution in [2.75, 3.05) is 6.61 Å². The van der Waals surface area contributed by atoms with Gasteiger partial charge in [-0.1, -0.05) is 17.3 Å². The normalized spacial score (nSPS) is 11.7. The van der Waals surface area contributed by atoms with Crippen molar-refractivity contribution in [2.24, 2.45) is 12.0 Å². The minimum absolute atomic E-state index is 0.333. The first-order valence-corrected chi connectivity index (χ1v) is 8.64. The van der Waals surface area contributed by atoms with Crippen LogP contribution >= 0.6 is 11.3 Å². The summed E-state index contributed by atoms with van der Waals surface area (Å²) in [6, 6.07) is 5.77. The highest BCUT2D eigenvalue weighted by atomic mass is 32.1. The first-order chi connectivity index (χ1) is 12.0. The van der Waals surface area contributed by atoms with E-state index in [2.05, 4.69) is 16.0 Å². The maximum atomic E-state index is 12.6. The standard InChI is InChI=1S/C18H18N4O2S/c1-5-9-22-14-8-7-13(24-6-2)10-15(14)25-18(22)20-17(23)16-12(3)11-19-21(16)4/h1,7-8,10-11H,6,9H2,2-4H3. The number of carbonyl (C=O) groups is 1. The maximum Gasteiger partial charge on any atom is 0.298 e. The Morgan fingerprint density at radius 1 is 1.48 bits per heavy atom. The number of aryl methyl sites for hydroxylation is 2. The van der Waals surface area contributed by atoms with Crippen molar-refractivity contribution in [1.82, 2.24) is 14.3 Å². The Kier molecular flexibility index (Phi) is 4.72. The molecule has 2 aromatic heterocycles. The number of aromatic nitrogens is 3. The molecule has 6 nitrogen and oxygen atoms in total. The van der Waals surface area contributed by atoms with Gasteiger partial charge < -0.3 is 9.30 Å². The van der Waals surface area contributed by atoms with E-state index in [1.54, 1.807) is 13.2 Å². The number of fused-ring (bicyclic) bond motifs is 1. The van der Waals surface area contributed by atoms with Crippen molar-refractivity contribution in [3.63, 3.8) is 0 Å². The smallest absolute Gasteiger partial charge is 0.298 e. The summed E-state index contributed by atoms with van der Waals surface area (Å²) in [5.74, 6) is 3.07. The Morgan fingerprint density at radius 3 is 2.92 bits per heavy atom. The van der Waals surface area contributed by atoms with Crippen LogP contribution in [0.3, 0.4) is 0 Å². The number of carbonyl (C=O) groups excluding carboxylic acids is 1. The van der Waals surface area contributed by atoms with Gasteiger partial charge in [0, 0.05) is 12.6 Å². The third-order valence-corrected chi connectivity index (χ3v) is 4.78. The summed E-state index contributed by atoms with van der Waals surface area (Å²) in [6.07, 6.45) is 7.15. The largest absolute Gasteiger partial charge is 0.494 e. The summed E-state index contributed by atoms with van der Waals surface area (Å²) < 4.78 is 9.90. The van der Waals surface area contributed by atoms with Crippen LogP contribution in [0.2, 0.25) is 0 Å². The number of hydrogen-bond donors (Lipinski definition) is 0. The molecule has 2 heterocycles. The van der Waals surface area contributed by atoms with E-state index >= 15 is 0 Å². The quantitative estimate of drug-likeness (QED) is 0.677. The molecule has 0 spiro atoms. The zero-order valence-corrected chi connectivity index (χ0v) is 15.1. The molecule has 0 N–H and O–H groups in total. The van der Waals surface area contributed by atoms with Gasteiger partial charge in [-0.25, -0.2) is 0 Å². The van der Waals surface area contributed by atoms with E-state index in [1.807, 2.05) is 36.6 Å². The first-order valence-electron chi connectivity index (χ1n) is 7.82. The summed E-state index contributed by atoms with van der Waals surface area (Å²) in [4.78, 5) is 17.5. The summed E-state index contributed by atoms with van der Waals surface area (Å²) in [5.41, 5.74) is 2.19. The minimum atomic E-state index is -0.333. The topological polar surface area (TPSA) is 61.4 Å². The zero-order chi connectivity index (χ0) is 18.0. The summed E-state index contributed by atoms with van der Waals surface area (Å²) in [6.45, 7) is 4.71. The van der Waals surface area contributed by atoms with Crippen molar-refractivity contribution >= 4 is 27.5 Å². The Labute approximate surface area is 149 Å². The van der Waals surface area contributed by atoms with Gasteiger partial charge in [0.05, 0.1) is 29.6 Å². The van der Waals surface area contributed by atoms with Gasteiger partial charge in [0.15, 0.2) is 4.80 Å². The molecule has 0 radical (unpaired) electrons. The lowest BCUT2D eigenvalue weighted by atomic mass is 10.3. The molecule has 1 amide bonds. The van der Waals surface area contributed by atoms with Crippen LogP contribution in [0.15, 0.2) is 29.4 Å². The molecule has 7 heteroatoms. The third kappa shape index (κ3) is 3.21.